The molecule has 20 nitrogen and oxygen atoms in total. The Morgan fingerprint density at radius 3 is 1.26 bits per heavy atom. The number of carboxylic acids is 2. The number of methoxy groups -OCH3 is 2. The molecule has 492 valence electrons. The summed E-state index contributed by atoms with van der Waals surface area (Å²) in [6, 6.07) is 39.6. The molecule has 8 rings (SSSR count). The summed E-state index contributed by atoms with van der Waals surface area (Å²) in [4.78, 5) is 63.0. The number of nitrogen functional groups attached to an aromatic ring is 2. The molecule has 0 saturated heterocycles. The van der Waals surface area contributed by atoms with Crippen LogP contribution in [0.2, 0.25) is 5.15 Å². The Hall–Kier alpha value is -10.2. The Kier molecular flexibility index (Phi) is 24.1. The average Bonchev–Trinajstić information content (AvgIpc) is 0.995. The number of hydrogen-bond donors (Lipinski definition) is 7. The van der Waals surface area contributed by atoms with Crippen molar-refractivity contribution in [2.75, 3.05) is 25.7 Å². The quantitative estimate of drug-likeness (QED) is 0.0310. The molecule has 0 bridgehead atoms. The molecule has 6 aromatic carbocycles. The monoisotopic (exact) mass is 1310 g/mol. The smallest absolute Gasteiger partial charge is 0.429 e. The first-order valence-corrected chi connectivity index (χ1v) is 28.5. The number of aliphatic hydroxyl groups is 1. The number of halogens is 7. The molecule has 27 heteroatoms. The number of nitrogens with two attached hydrogens (primary N) is 2. The second-order valence-electron chi connectivity index (χ2n) is 22.5. The number of benzene rings is 6. The van der Waals surface area contributed by atoms with E-state index in [0.29, 0.717) is 33.9 Å². The van der Waals surface area contributed by atoms with Gasteiger partial charge in [0.25, 0.3) is 0 Å². The van der Waals surface area contributed by atoms with E-state index >= 15 is 0 Å². The number of aromatic nitrogens is 4. The Balaban J connectivity index is 0.000000246. The molecule has 9 N–H and O–H groups in total. The molecule has 0 radical (unpaired) electrons. The number of nitrogens with zero attached hydrogens (tertiary/aromatic N) is 4. The van der Waals surface area contributed by atoms with Gasteiger partial charge in [0.15, 0.2) is 6.10 Å². The minimum absolute atomic E-state index is 0.0565. The van der Waals surface area contributed by atoms with Crippen LogP contribution in [0.1, 0.15) is 76.0 Å². The zero-order valence-electron chi connectivity index (χ0n) is 51.3. The predicted molar refractivity (Wildman–Crippen MR) is 335 cm³/mol. The van der Waals surface area contributed by atoms with Crippen molar-refractivity contribution in [3.63, 3.8) is 0 Å². The summed E-state index contributed by atoms with van der Waals surface area (Å²) < 4.78 is 106. The summed E-state index contributed by atoms with van der Waals surface area (Å²) in [5.41, 5.74) is 15.9. The highest BCUT2D eigenvalue weighted by Crippen LogP contribution is 2.39. The largest absolute Gasteiger partial charge is 0.497 e. The fourth-order valence-electron chi connectivity index (χ4n) is 8.58. The van der Waals surface area contributed by atoms with E-state index in [9.17, 15) is 55.7 Å². The molecule has 0 unspecified atom stereocenters. The number of anilines is 2. The van der Waals surface area contributed by atoms with E-state index < -0.39 is 77.9 Å². The van der Waals surface area contributed by atoms with Crippen LogP contribution in [0.3, 0.4) is 0 Å². The normalized spacial score (nSPS) is 12.8. The van der Waals surface area contributed by atoms with E-state index in [4.69, 9.17) is 51.9 Å². The van der Waals surface area contributed by atoms with Gasteiger partial charge in [-0.15, -0.1) is 0 Å². The number of carboxylic acid groups (broad SMARTS) is 2. The van der Waals surface area contributed by atoms with Gasteiger partial charge in [-0.1, -0.05) is 133 Å². The molecule has 0 aliphatic heterocycles. The number of aliphatic hydroxyl groups excluding tert-OH is 1. The van der Waals surface area contributed by atoms with Crippen LogP contribution in [-0.2, 0) is 31.9 Å². The van der Waals surface area contributed by atoms with Crippen LogP contribution in [0, 0.1) is 0 Å². The molecule has 0 aliphatic rings. The third-order valence-corrected chi connectivity index (χ3v) is 13.1. The van der Waals surface area contributed by atoms with Crippen LogP contribution in [0.15, 0.2) is 158 Å². The van der Waals surface area contributed by atoms with Gasteiger partial charge >= 0.3 is 36.5 Å². The highest BCUT2D eigenvalue weighted by molar-refractivity contribution is 6.29. The molecule has 0 aliphatic carbocycles. The molecule has 2 aromatic heterocycles. The maximum absolute atomic E-state index is 14.2. The van der Waals surface area contributed by atoms with Crippen molar-refractivity contribution in [1.29, 1.82) is 0 Å². The standard InChI is InChI=1S/C33H33F3N4O6.C18H21ClN4O4.C15H13F3O2/c1-32(2,3)46-31(43)39-26(29(41)42)16-19-8-10-21(11-9-19)25-18-27(40-30(37)38-25)45-28(33(34,35)36)22-14-12-20(13-15-22)23-6-5-7-24(17-23)44-4;1-18(2,3)27-17(26)22-13(15(24)25)8-10-4-6-11(7-5-10)12-9-14(19)23-16(20)21-12;1-20-13-4-2-3-12(9-13)10-5-7-11(8-6-10)14(19)15(16,17)18/h5-15,17-18,26,28H,16H2,1-4H3,(H,39,43)(H,41,42)(H2,37,38,40);4-7,9,13H,8H2,1-3H3,(H,22,26)(H,24,25)(H2,20,21,23);2-9,14,19H,1H3/t26-,28+;13-;14-/m001/s1. The van der Waals surface area contributed by atoms with E-state index in [1.165, 1.54) is 37.4 Å². The first kappa shape index (κ1) is 71.9. The number of aliphatic carboxylic acids is 2. The SMILES string of the molecule is CC(C)(C)OC(=O)N[C@@H](Cc1ccc(-c2cc(Cl)nc(N)n2)cc1)C(=O)O.COc1cccc(-c2ccc([C@@H](O)C(F)(F)F)cc2)c1.COc1cccc(-c2ccc([C@@H](Oc3cc(-c4ccc(C[C@H](NC(=O)OC(C)(C)C)C(=O)O)cc4)nc(N)n3)C(F)(F)F)cc2)c1. The van der Waals surface area contributed by atoms with Gasteiger partial charge in [-0.3, -0.25) is 0 Å². The van der Waals surface area contributed by atoms with Gasteiger partial charge in [0, 0.05) is 41.7 Å². The molecule has 4 atom stereocenters. The molecule has 2 heterocycles. The number of ether oxygens (including phenoxy) is 5. The number of amides is 2. The Morgan fingerprint density at radius 1 is 0.505 bits per heavy atom. The molecular formula is C66H67ClF6N8O12. The number of rotatable bonds is 18. The maximum atomic E-state index is 14.2. The molecular weight excluding hydrogens is 1250 g/mol. The number of carbonyl (C=O) groups excluding carboxylic acids is 2. The number of carbonyl (C=O) groups is 4. The summed E-state index contributed by atoms with van der Waals surface area (Å²) in [5, 5.41) is 33.0. The molecule has 93 heavy (non-hydrogen) atoms. The van der Waals surface area contributed by atoms with Gasteiger partial charge in [-0.2, -0.15) is 31.3 Å². The van der Waals surface area contributed by atoms with Gasteiger partial charge < -0.3 is 61.1 Å². The van der Waals surface area contributed by atoms with Crippen LogP contribution >= 0.6 is 11.6 Å². The fourth-order valence-corrected chi connectivity index (χ4v) is 8.77. The van der Waals surface area contributed by atoms with E-state index in [2.05, 4.69) is 30.6 Å². The van der Waals surface area contributed by atoms with Crippen molar-refractivity contribution in [3.8, 4) is 62.1 Å². The van der Waals surface area contributed by atoms with E-state index in [0.717, 1.165) is 27.8 Å². The Morgan fingerprint density at radius 2 is 0.892 bits per heavy atom. The summed E-state index contributed by atoms with van der Waals surface area (Å²) >= 11 is 5.88. The third-order valence-electron chi connectivity index (χ3n) is 12.9. The van der Waals surface area contributed by atoms with Crippen molar-refractivity contribution < 1.29 is 84.5 Å². The van der Waals surface area contributed by atoms with E-state index in [-0.39, 0.29) is 46.7 Å². The van der Waals surface area contributed by atoms with Crippen molar-refractivity contribution >= 4 is 47.6 Å². The van der Waals surface area contributed by atoms with Gasteiger partial charge in [-0.05, 0) is 105 Å². The molecule has 8 aromatic rings. The second-order valence-corrected chi connectivity index (χ2v) is 22.8. The minimum Gasteiger partial charge on any atom is -0.497 e. The van der Waals surface area contributed by atoms with Gasteiger partial charge in [-0.25, -0.2) is 34.1 Å². The van der Waals surface area contributed by atoms with E-state index in [1.807, 2.05) is 12.1 Å². The second kappa shape index (κ2) is 31.2. The van der Waals surface area contributed by atoms with Gasteiger partial charge in [0.2, 0.25) is 23.9 Å². The molecule has 0 saturated carbocycles. The highest BCUT2D eigenvalue weighted by atomic mass is 35.5. The molecule has 2 amide bonds. The summed E-state index contributed by atoms with van der Waals surface area (Å²) in [5.74, 6) is -1.76. The summed E-state index contributed by atoms with van der Waals surface area (Å²) in [7, 11) is 3.07. The van der Waals surface area contributed by atoms with Crippen LogP contribution in [0.4, 0.5) is 47.8 Å². The van der Waals surface area contributed by atoms with Crippen LogP contribution < -0.4 is 36.3 Å². The lowest BCUT2D eigenvalue weighted by atomic mass is 10.0. The van der Waals surface area contributed by atoms with Crippen LogP contribution in [0.5, 0.6) is 17.4 Å². The van der Waals surface area contributed by atoms with Gasteiger partial charge in [0.1, 0.15) is 39.9 Å². The van der Waals surface area contributed by atoms with Gasteiger partial charge in [0.05, 0.1) is 25.6 Å². The lowest BCUT2D eigenvalue weighted by molar-refractivity contribution is -0.206. The van der Waals surface area contributed by atoms with Crippen molar-refractivity contribution in [2.24, 2.45) is 0 Å². The number of alkyl carbamates (subject to hydrolysis) is 2. The summed E-state index contributed by atoms with van der Waals surface area (Å²) in [6.45, 7) is 10.1. The molecule has 0 fully saturated rings. The maximum Gasteiger partial charge on any atom is 0.429 e. The zero-order chi connectivity index (χ0) is 68.6. The van der Waals surface area contributed by atoms with Crippen molar-refractivity contribution in [3.05, 3.63) is 185 Å². The predicted octanol–water partition coefficient (Wildman–Crippen LogP) is 13.5. The highest BCUT2D eigenvalue weighted by Gasteiger charge is 2.44. The third kappa shape index (κ3) is 22.6. The Bertz CT molecular complexity index is 3820. The van der Waals surface area contributed by atoms with Crippen molar-refractivity contribution in [2.45, 2.75) is 102 Å². The number of nitrogens with one attached hydrogen (secondary N) is 2. The topological polar surface area (TPSA) is 303 Å². The van der Waals surface area contributed by atoms with Crippen molar-refractivity contribution in [1.82, 2.24) is 30.6 Å². The van der Waals surface area contributed by atoms with E-state index in [1.54, 1.807) is 164 Å². The Labute approximate surface area is 535 Å². The number of alkyl halides is 6. The van der Waals surface area contributed by atoms with Crippen LogP contribution in [-0.4, -0.2) is 109 Å². The lowest BCUT2D eigenvalue weighted by Crippen LogP contribution is -2.44. The molecule has 0 spiro atoms. The fraction of sp³-hybridized carbons (Fsp3) is 0.273. The average molecular weight is 1310 g/mol. The summed E-state index contributed by atoms with van der Waals surface area (Å²) in [6.07, 6.45) is -15.8. The number of hydrogen-bond acceptors (Lipinski definition) is 16. The lowest BCUT2D eigenvalue weighted by Gasteiger charge is -2.22. The first-order valence-electron chi connectivity index (χ1n) is 28.1. The first-order chi connectivity index (χ1) is 43.6. The minimum atomic E-state index is -4.78. The van der Waals surface area contributed by atoms with Crippen LogP contribution in [0.25, 0.3) is 44.8 Å². The zero-order valence-corrected chi connectivity index (χ0v) is 52.1.